The van der Waals surface area contributed by atoms with Crippen LogP contribution in [0.2, 0.25) is 0 Å². The highest BCUT2D eigenvalue weighted by Crippen LogP contribution is 2.21. The zero-order valence-electron chi connectivity index (χ0n) is 13.6. The van der Waals surface area contributed by atoms with Crippen molar-refractivity contribution in [2.75, 3.05) is 30.3 Å². The van der Waals surface area contributed by atoms with Gasteiger partial charge in [0.2, 0.25) is 11.9 Å². The molecule has 1 unspecified atom stereocenters. The van der Waals surface area contributed by atoms with Crippen LogP contribution in [0.5, 0.6) is 6.01 Å². The van der Waals surface area contributed by atoms with Gasteiger partial charge in [-0.2, -0.15) is 15.0 Å². The van der Waals surface area contributed by atoms with E-state index in [1.54, 1.807) is 0 Å². The molecule has 1 aromatic rings. The molecule has 0 aliphatic heterocycles. The summed E-state index contributed by atoms with van der Waals surface area (Å²) in [5.74, 6) is 0.862. The van der Waals surface area contributed by atoms with Gasteiger partial charge in [0.25, 0.3) is 0 Å². The first-order chi connectivity index (χ1) is 9.84. The molecule has 120 valence electrons. The van der Waals surface area contributed by atoms with E-state index in [2.05, 4.69) is 46.4 Å². The number of hydrogen-bond donors (Lipinski definition) is 3. The van der Waals surface area contributed by atoms with Crippen molar-refractivity contribution >= 4 is 11.9 Å². The monoisotopic (exact) mass is 297 g/mol. The summed E-state index contributed by atoms with van der Waals surface area (Å²) >= 11 is 0. The fourth-order valence-electron chi connectivity index (χ4n) is 1.85. The van der Waals surface area contributed by atoms with Gasteiger partial charge in [-0.25, -0.2) is 0 Å². The Balaban J connectivity index is 2.68. The summed E-state index contributed by atoms with van der Waals surface area (Å²) in [7, 11) is 0. The molecule has 1 heterocycles. The molecule has 3 N–H and O–H groups in total. The fourth-order valence-corrected chi connectivity index (χ4v) is 1.85. The van der Waals surface area contributed by atoms with Crippen molar-refractivity contribution in [2.45, 2.75) is 47.1 Å². The highest BCUT2D eigenvalue weighted by Gasteiger charge is 2.17. The van der Waals surface area contributed by atoms with Gasteiger partial charge in [0.05, 0.1) is 12.7 Å². The van der Waals surface area contributed by atoms with Gasteiger partial charge in [-0.05, 0) is 25.7 Å². The fraction of sp³-hybridized carbons (Fsp3) is 0.786. The summed E-state index contributed by atoms with van der Waals surface area (Å²) in [6, 6.07) is 0.274. The van der Waals surface area contributed by atoms with Crippen molar-refractivity contribution in [1.82, 2.24) is 15.0 Å². The van der Waals surface area contributed by atoms with Crippen LogP contribution in [0.25, 0.3) is 0 Å². The molecule has 7 heteroatoms. The Bertz CT molecular complexity index is 410. The standard InChI is InChI=1S/C14H27N5O2/c1-6-15-11-17-12(19-13(18-11)21-7-2)16-9-10(20)8-14(3,4)5/h10,20H,6-9H2,1-5H3,(H2,15,16,17,18,19). The predicted molar refractivity (Wildman–Crippen MR) is 83.7 cm³/mol. The van der Waals surface area contributed by atoms with Crippen molar-refractivity contribution in [3.8, 4) is 6.01 Å². The molecule has 1 rings (SSSR count). The van der Waals surface area contributed by atoms with Crippen molar-refractivity contribution in [1.29, 1.82) is 0 Å². The van der Waals surface area contributed by atoms with E-state index in [0.717, 1.165) is 0 Å². The Kier molecular flexibility index (Phi) is 6.61. The number of rotatable bonds is 8. The molecule has 0 bridgehead atoms. The van der Waals surface area contributed by atoms with Crippen LogP contribution in [0.4, 0.5) is 11.9 Å². The largest absolute Gasteiger partial charge is 0.464 e. The van der Waals surface area contributed by atoms with Gasteiger partial charge in [0.1, 0.15) is 0 Å². The summed E-state index contributed by atoms with van der Waals surface area (Å²) in [5, 5.41) is 16.1. The SMILES string of the molecule is CCNc1nc(NCC(O)CC(C)(C)C)nc(OCC)n1. The summed E-state index contributed by atoms with van der Waals surface area (Å²) in [4.78, 5) is 12.5. The van der Waals surface area contributed by atoms with Crippen LogP contribution < -0.4 is 15.4 Å². The van der Waals surface area contributed by atoms with Crippen LogP contribution in [0.15, 0.2) is 0 Å². The third kappa shape index (κ3) is 7.08. The maximum Gasteiger partial charge on any atom is 0.323 e. The van der Waals surface area contributed by atoms with E-state index in [1.807, 2.05) is 13.8 Å². The molecule has 0 saturated heterocycles. The van der Waals surface area contributed by atoms with Crippen LogP contribution in [-0.2, 0) is 0 Å². The van der Waals surface area contributed by atoms with Crippen LogP contribution in [0.1, 0.15) is 41.0 Å². The summed E-state index contributed by atoms with van der Waals surface area (Å²) < 4.78 is 5.32. The number of aliphatic hydroxyl groups is 1. The van der Waals surface area contributed by atoms with E-state index in [0.29, 0.717) is 38.0 Å². The molecule has 0 aliphatic carbocycles. The first-order valence-corrected chi connectivity index (χ1v) is 7.38. The minimum atomic E-state index is -0.458. The number of hydrogen-bond acceptors (Lipinski definition) is 7. The second-order valence-corrected chi connectivity index (χ2v) is 6.03. The van der Waals surface area contributed by atoms with E-state index in [9.17, 15) is 5.11 Å². The van der Waals surface area contributed by atoms with E-state index >= 15 is 0 Å². The second kappa shape index (κ2) is 7.97. The summed E-state index contributed by atoms with van der Waals surface area (Å²) in [6.07, 6.45) is 0.239. The third-order valence-electron chi connectivity index (χ3n) is 2.57. The second-order valence-electron chi connectivity index (χ2n) is 6.03. The molecule has 0 aliphatic rings. The molecule has 1 atom stereocenters. The Morgan fingerprint density at radius 2 is 1.71 bits per heavy atom. The number of aliphatic hydroxyl groups excluding tert-OH is 1. The maximum absolute atomic E-state index is 10.0. The Labute approximate surface area is 126 Å². The average molecular weight is 297 g/mol. The third-order valence-corrected chi connectivity index (χ3v) is 2.57. The lowest BCUT2D eigenvalue weighted by Crippen LogP contribution is -2.26. The zero-order valence-corrected chi connectivity index (χ0v) is 13.6. The van der Waals surface area contributed by atoms with E-state index in [4.69, 9.17) is 4.74 Å². The van der Waals surface area contributed by atoms with Gasteiger partial charge in [-0.15, -0.1) is 0 Å². The molecule has 0 fully saturated rings. The zero-order chi connectivity index (χ0) is 15.9. The minimum Gasteiger partial charge on any atom is -0.464 e. The molecule has 0 spiro atoms. The lowest BCUT2D eigenvalue weighted by atomic mass is 9.89. The minimum absolute atomic E-state index is 0.0750. The van der Waals surface area contributed by atoms with Crippen LogP contribution in [0.3, 0.4) is 0 Å². The Morgan fingerprint density at radius 1 is 1.10 bits per heavy atom. The van der Waals surface area contributed by atoms with Gasteiger partial charge < -0.3 is 20.5 Å². The van der Waals surface area contributed by atoms with E-state index in [1.165, 1.54) is 0 Å². The number of nitrogens with one attached hydrogen (secondary N) is 2. The normalized spacial score (nSPS) is 12.9. The lowest BCUT2D eigenvalue weighted by molar-refractivity contribution is 0.132. The van der Waals surface area contributed by atoms with Crippen molar-refractivity contribution < 1.29 is 9.84 Å². The smallest absolute Gasteiger partial charge is 0.323 e. The van der Waals surface area contributed by atoms with Crippen molar-refractivity contribution in [3.05, 3.63) is 0 Å². The Hall–Kier alpha value is -1.63. The highest BCUT2D eigenvalue weighted by atomic mass is 16.5. The van der Waals surface area contributed by atoms with Crippen LogP contribution >= 0.6 is 0 Å². The van der Waals surface area contributed by atoms with Crippen LogP contribution in [0, 0.1) is 5.41 Å². The molecular weight excluding hydrogens is 270 g/mol. The number of aromatic nitrogens is 3. The summed E-state index contributed by atoms with van der Waals surface area (Å²) in [5.41, 5.74) is 0.0750. The highest BCUT2D eigenvalue weighted by molar-refractivity contribution is 5.35. The van der Waals surface area contributed by atoms with E-state index < -0.39 is 6.10 Å². The first kappa shape index (κ1) is 17.4. The first-order valence-electron chi connectivity index (χ1n) is 7.38. The number of ether oxygens (including phenoxy) is 1. The van der Waals surface area contributed by atoms with Gasteiger partial charge in [0.15, 0.2) is 0 Å². The number of nitrogens with zero attached hydrogens (tertiary/aromatic N) is 3. The molecule has 0 radical (unpaired) electrons. The molecule has 0 amide bonds. The molecular formula is C14H27N5O2. The maximum atomic E-state index is 10.0. The van der Waals surface area contributed by atoms with Gasteiger partial charge in [-0.3, -0.25) is 0 Å². The van der Waals surface area contributed by atoms with Crippen LogP contribution in [-0.4, -0.2) is 45.9 Å². The average Bonchev–Trinajstić information content (AvgIpc) is 2.35. The quantitative estimate of drug-likeness (QED) is 0.675. The van der Waals surface area contributed by atoms with Crippen molar-refractivity contribution in [3.63, 3.8) is 0 Å². The topological polar surface area (TPSA) is 92.2 Å². The van der Waals surface area contributed by atoms with Gasteiger partial charge >= 0.3 is 6.01 Å². The Morgan fingerprint density at radius 3 is 2.24 bits per heavy atom. The predicted octanol–water partition coefficient (Wildman–Crippen LogP) is 1.91. The summed E-state index contributed by atoms with van der Waals surface area (Å²) in [6.45, 7) is 11.7. The lowest BCUT2D eigenvalue weighted by Gasteiger charge is -2.22. The number of anilines is 2. The van der Waals surface area contributed by atoms with E-state index in [-0.39, 0.29) is 11.4 Å². The van der Waals surface area contributed by atoms with Crippen molar-refractivity contribution in [2.24, 2.45) is 5.41 Å². The molecule has 7 nitrogen and oxygen atoms in total. The molecule has 21 heavy (non-hydrogen) atoms. The molecule has 0 aromatic carbocycles. The molecule has 1 aromatic heterocycles. The van der Waals surface area contributed by atoms with Gasteiger partial charge in [-0.1, -0.05) is 20.8 Å². The molecule has 0 saturated carbocycles. The van der Waals surface area contributed by atoms with Gasteiger partial charge in [0, 0.05) is 13.1 Å².